The largest absolute Gasteiger partial charge is 0.386 e. The Morgan fingerprint density at radius 1 is 1.32 bits per heavy atom. The molecule has 0 bridgehead atoms. The quantitative estimate of drug-likeness (QED) is 0.330. The summed E-state index contributed by atoms with van der Waals surface area (Å²) in [7, 11) is 0. The zero-order chi connectivity index (χ0) is 17.2. The number of aliphatic hydroxyl groups is 1. The van der Waals surface area contributed by atoms with Crippen molar-refractivity contribution in [1.29, 1.82) is 0 Å². The van der Waals surface area contributed by atoms with Gasteiger partial charge in [0.05, 0.1) is 12.6 Å². The number of likely N-dealkylation sites (tertiary alicyclic amines) is 1. The summed E-state index contributed by atoms with van der Waals surface area (Å²) in [5.41, 5.74) is 0.845. The summed E-state index contributed by atoms with van der Waals surface area (Å²) in [6.45, 7) is 8.92. The molecule has 2 rings (SSSR count). The second-order valence-electron chi connectivity index (χ2n) is 6.28. The van der Waals surface area contributed by atoms with Gasteiger partial charge in [0.15, 0.2) is 5.96 Å². The summed E-state index contributed by atoms with van der Waals surface area (Å²) >= 11 is 0. The van der Waals surface area contributed by atoms with Crippen LogP contribution in [0.2, 0.25) is 0 Å². The van der Waals surface area contributed by atoms with E-state index in [2.05, 4.69) is 39.4 Å². The number of aliphatic imine (C=N–C) groups is 1. The lowest BCUT2D eigenvalue weighted by Crippen LogP contribution is -2.48. The van der Waals surface area contributed by atoms with E-state index in [9.17, 15) is 5.11 Å². The summed E-state index contributed by atoms with van der Waals surface area (Å²) in [4.78, 5) is 11.0. The highest BCUT2D eigenvalue weighted by atomic mass is 127. The van der Waals surface area contributed by atoms with Crippen molar-refractivity contribution < 1.29 is 5.11 Å². The molecule has 1 atom stereocenters. The minimum atomic E-state index is -0.602. The second-order valence-corrected chi connectivity index (χ2v) is 6.28. The predicted molar refractivity (Wildman–Crippen MR) is 113 cm³/mol. The minimum absolute atomic E-state index is 0. The molecule has 0 aliphatic carbocycles. The van der Waals surface area contributed by atoms with Gasteiger partial charge in [-0.05, 0) is 50.4 Å². The van der Waals surface area contributed by atoms with Crippen molar-refractivity contribution in [2.75, 3.05) is 32.7 Å². The van der Waals surface area contributed by atoms with Crippen molar-refractivity contribution in [3.8, 4) is 0 Å². The van der Waals surface area contributed by atoms with Gasteiger partial charge in [-0.2, -0.15) is 0 Å². The fraction of sp³-hybridized carbons (Fsp3) is 0.667. The first-order valence-electron chi connectivity index (χ1n) is 9.08. The van der Waals surface area contributed by atoms with Gasteiger partial charge < -0.3 is 20.6 Å². The molecule has 25 heavy (non-hydrogen) atoms. The normalized spacial score (nSPS) is 17.6. The third kappa shape index (κ3) is 7.87. The molecule has 0 saturated carbocycles. The Kier molecular flexibility index (Phi) is 11.0. The Labute approximate surface area is 168 Å². The molecular formula is C18H32IN5O. The SMILES string of the molecule is CCCN1CCC(NC(=NCC(O)c2ccncc2)NCC)CC1.I. The molecule has 142 valence electrons. The van der Waals surface area contributed by atoms with E-state index >= 15 is 0 Å². The van der Waals surface area contributed by atoms with Gasteiger partial charge in [0.1, 0.15) is 0 Å². The Bertz CT molecular complexity index is 491. The number of nitrogens with zero attached hydrogens (tertiary/aromatic N) is 3. The van der Waals surface area contributed by atoms with Crippen molar-refractivity contribution >= 4 is 29.9 Å². The number of hydrogen-bond donors (Lipinski definition) is 3. The van der Waals surface area contributed by atoms with Crippen LogP contribution in [-0.4, -0.2) is 59.7 Å². The van der Waals surface area contributed by atoms with Crippen LogP contribution in [0, 0.1) is 0 Å². The van der Waals surface area contributed by atoms with E-state index in [4.69, 9.17) is 0 Å². The topological polar surface area (TPSA) is 72.8 Å². The molecule has 0 amide bonds. The molecule has 1 fully saturated rings. The monoisotopic (exact) mass is 461 g/mol. The number of pyridine rings is 1. The Morgan fingerprint density at radius 3 is 2.60 bits per heavy atom. The number of aromatic nitrogens is 1. The number of aliphatic hydroxyl groups excluding tert-OH is 1. The highest BCUT2D eigenvalue weighted by Gasteiger charge is 2.19. The van der Waals surface area contributed by atoms with Crippen LogP contribution in [0.25, 0.3) is 0 Å². The third-order valence-electron chi connectivity index (χ3n) is 4.33. The van der Waals surface area contributed by atoms with Gasteiger partial charge in [0, 0.05) is 38.1 Å². The lowest BCUT2D eigenvalue weighted by atomic mass is 10.1. The average Bonchev–Trinajstić information content (AvgIpc) is 2.62. The smallest absolute Gasteiger partial charge is 0.191 e. The molecule has 0 spiro atoms. The minimum Gasteiger partial charge on any atom is -0.386 e. The Morgan fingerprint density at radius 2 is 2.00 bits per heavy atom. The fourth-order valence-corrected chi connectivity index (χ4v) is 3.00. The zero-order valence-electron chi connectivity index (χ0n) is 15.3. The molecule has 1 aromatic heterocycles. The van der Waals surface area contributed by atoms with Gasteiger partial charge in [-0.25, -0.2) is 0 Å². The van der Waals surface area contributed by atoms with Crippen LogP contribution >= 0.6 is 24.0 Å². The Hall–Kier alpha value is -0.930. The standard InChI is InChI=1S/C18H31N5O.HI/c1-3-11-23-12-7-16(8-13-23)22-18(20-4-2)21-14-17(24)15-5-9-19-10-6-15;/h5-6,9-10,16-17,24H,3-4,7-8,11-14H2,1-2H3,(H2,20,21,22);1H. The first-order valence-corrected chi connectivity index (χ1v) is 9.08. The van der Waals surface area contributed by atoms with Gasteiger partial charge >= 0.3 is 0 Å². The number of halogens is 1. The first-order chi connectivity index (χ1) is 11.7. The summed E-state index contributed by atoms with van der Waals surface area (Å²) < 4.78 is 0. The van der Waals surface area contributed by atoms with Crippen molar-refractivity contribution in [1.82, 2.24) is 20.5 Å². The number of rotatable bonds is 7. The molecule has 1 aliphatic heterocycles. The Balaban J connectivity index is 0.00000312. The van der Waals surface area contributed by atoms with Crippen LogP contribution in [0.1, 0.15) is 44.8 Å². The van der Waals surface area contributed by atoms with Crippen molar-refractivity contribution in [3.05, 3.63) is 30.1 Å². The molecule has 0 radical (unpaired) electrons. The van der Waals surface area contributed by atoms with Crippen LogP contribution in [-0.2, 0) is 0 Å². The van der Waals surface area contributed by atoms with Gasteiger partial charge in [-0.3, -0.25) is 9.98 Å². The second kappa shape index (κ2) is 12.4. The van der Waals surface area contributed by atoms with Crippen molar-refractivity contribution in [3.63, 3.8) is 0 Å². The van der Waals surface area contributed by atoms with Gasteiger partial charge in [0.25, 0.3) is 0 Å². The van der Waals surface area contributed by atoms with Gasteiger partial charge in [0.2, 0.25) is 0 Å². The molecule has 7 heteroatoms. The van der Waals surface area contributed by atoms with E-state index < -0.39 is 6.10 Å². The van der Waals surface area contributed by atoms with Crippen molar-refractivity contribution in [2.45, 2.75) is 45.3 Å². The van der Waals surface area contributed by atoms with E-state index in [-0.39, 0.29) is 24.0 Å². The van der Waals surface area contributed by atoms with Crippen LogP contribution in [0.4, 0.5) is 0 Å². The third-order valence-corrected chi connectivity index (χ3v) is 4.33. The maximum Gasteiger partial charge on any atom is 0.191 e. The number of nitrogens with one attached hydrogen (secondary N) is 2. The number of piperidine rings is 1. The highest BCUT2D eigenvalue weighted by molar-refractivity contribution is 14.0. The van der Waals surface area contributed by atoms with Crippen LogP contribution < -0.4 is 10.6 Å². The molecule has 6 nitrogen and oxygen atoms in total. The molecular weight excluding hydrogens is 429 g/mol. The lowest BCUT2D eigenvalue weighted by Gasteiger charge is -2.32. The molecule has 1 aliphatic rings. The summed E-state index contributed by atoms with van der Waals surface area (Å²) in [6, 6.07) is 4.10. The van der Waals surface area contributed by atoms with E-state index in [1.165, 1.54) is 13.0 Å². The van der Waals surface area contributed by atoms with Crippen LogP contribution in [0.5, 0.6) is 0 Å². The van der Waals surface area contributed by atoms with Crippen LogP contribution in [0.15, 0.2) is 29.5 Å². The van der Waals surface area contributed by atoms with Crippen LogP contribution in [0.3, 0.4) is 0 Å². The summed E-state index contributed by atoms with van der Waals surface area (Å²) in [6.07, 6.45) is 6.27. The summed E-state index contributed by atoms with van der Waals surface area (Å²) in [5, 5.41) is 17.0. The first kappa shape index (κ1) is 22.1. The molecule has 1 unspecified atom stereocenters. The molecule has 0 aromatic carbocycles. The zero-order valence-corrected chi connectivity index (χ0v) is 17.6. The number of guanidine groups is 1. The van der Waals surface area contributed by atoms with Crippen molar-refractivity contribution in [2.24, 2.45) is 4.99 Å². The van der Waals surface area contributed by atoms with Gasteiger partial charge in [-0.1, -0.05) is 6.92 Å². The van der Waals surface area contributed by atoms with Gasteiger partial charge in [-0.15, -0.1) is 24.0 Å². The average molecular weight is 461 g/mol. The predicted octanol–water partition coefficient (Wildman–Crippen LogP) is 2.16. The molecule has 2 heterocycles. The molecule has 3 N–H and O–H groups in total. The molecule has 1 aromatic rings. The van der Waals surface area contributed by atoms with E-state index in [0.29, 0.717) is 12.6 Å². The maximum atomic E-state index is 10.2. The molecule has 1 saturated heterocycles. The fourth-order valence-electron chi connectivity index (χ4n) is 3.00. The summed E-state index contributed by atoms with van der Waals surface area (Å²) in [5.74, 6) is 0.791. The highest BCUT2D eigenvalue weighted by Crippen LogP contribution is 2.12. The van der Waals surface area contributed by atoms with E-state index in [1.807, 2.05) is 12.1 Å². The number of hydrogen-bond acceptors (Lipinski definition) is 4. The lowest BCUT2D eigenvalue weighted by molar-refractivity contribution is 0.186. The van der Waals surface area contributed by atoms with E-state index in [1.54, 1.807) is 12.4 Å². The van der Waals surface area contributed by atoms with E-state index in [0.717, 1.165) is 44.0 Å². The maximum absolute atomic E-state index is 10.2.